The van der Waals surface area contributed by atoms with Gasteiger partial charge in [0.1, 0.15) is 11.5 Å². The number of likely N-dealkylation sites (N-methyl/N-ethyl adjacent to an activating group) is 1. The highest BCUT2D eigenvalue weighted by Gasteiger charge is 2.15. The van der Waals surface area contributed by atoms with Crippen LogP contribution in [0.3, 0.4) is 0 Å². The third-order valence-electron chi connectivity index (χ3n) is 4.73. The maximum Gasteiger partial charge on any atom is 0.273 e. The SMILES string of the molecule is CN(CCc1ccncc1)C(=O)c1cnc(Nc2ccc(C(C)(C)C)cc2)cn1. The fourth-order valence-corrected chi connectivity index (χ4v) is 2.85. The average Bonchev–Trinajstić information content (AvgIpc) is 2.72. The first-order valence-corrected chi connectivity index (χ1v) is 9.67. The molecule has 3 aromatic rings. The normalized spacial score (nSPS) is 11.2. The molecule has 0 saturated heterocycles. The van der Waals surface area contributed by atoms with Crippen LogP contribution in [0.5, 0.6) is 0 Å². The summed E-state index contributed by atoms with van der Waals surface area (Å²) < 4.78 is 0. The molecule has 2 aromatic heterocycles. The molecule has 150 valence electrons. The predicted octanol–water partition coefficient (Wildman–Crippen LogP) is 4.23. The number of amides is 1. The van der Waals surface area contributed by atoms with E-state index < -0.39 is 0 Å². The zero-order valence-electron chi connectivity index (χ0n) is 17.4. The van der Waals surface area contributed by atoms with Crippen LogP contribution < -0.4 is 5.32 Å². The number of carbonyl (C=O) groups is 1. The minimum atomic E-state index is -0.146. The molecular weight excluding hydrogens is 362 g/mol. The molecule has 0 bridgehead atoms. The van der Waals surface area contributed by atoms with E-state index in [1.165, 1.54) is 11.8 Å². The van der Waals surface area contributed by atoms with E-state index in [0.29, 0.717) is 18.1 Å². The van der Waals surface area contributed by atoms with Crippen molar-refractivity contribution in [3.05, 3.63) is 78.0 Å². The summed E-state index contributed by atoms with van der Waals surface area (Å²) in [6, 6.07) is 12.2. The van der Waals surface area contributed by atoms with E-state index in [1.54, 1.807) is 30.5 Å². The van der Waals surface area contributed by atoms with Gasteiger partial charge in [0.2, 0.25) is 0 Å². The summed E-state index contributed by atoms with van der Waals surface area (Å²) in [5.41, 5.74) is 3.79. The fraction of sp³-hybridized carbons (Fsp3) is 0.304. The predicted molar refractivity (Wildman–Crippen MR) is 115 cm³/mol. The maximum atomic E-state index is 12.6. The topological polar surface area (TPSA) is 71.0 Å². The first-order valence-electron chi connectivity index (χ1n) is 9.67. The molecule has 2 heterocycles. The molecular formula is C23H27N5O. The Bertz CT molecular complexity index is 932. The van der Waals surface area contributed by atoms with Gasteiger partial charge in [-0.1, -0.05) is 32.9 Å². The molecule has 0 aliphatic carbocycles. The highest BCUT2D eigenvalue weighted by atomic mass is 16.2. The second-order valence-corrected chi connectivity index (χ2v) is 8.07. The number of benzene rings is 1. The molecule has 0 fully saturated rings. The van der Waals surface area contributed by atoms with E-state index in [0.717, 1.165) is 17.7 Å². The lowest BCUT2D eigenvalue weighted by molar-refractivity contribution is 0.0790. The lowest BCUT2D eigenvalue weighted by Crippen LogP contribution is -2.29. The van der Waals surface area contributed by atoms with Crippen molar-refractivity contribution in [1.29, 1.82) is 0 Å². The Kier molecular flexibility index (Phi) is 6.22. The number of nitrogens with one attached hydrogen (secondary N) is 1. The Hall–Kier alpha value is -3.28. The Morgan fingerprint density at radius 2 is 1.69 bits per heavy atom. The Balaban J connectivity index is 1.58. The molecule has 0 saturated carbocycles. The standard InChI is InChI=1S/C23H27N5O/c1-23(2,3)18-5-7-19(8-6-18)27-21-16-25-20(15-26-21)22(29)28(4)14-11-17-9-12-24-13-10-17/h5-10,12-13,15-16H,11,14H2,1-4H3,(H,26,27). The fourth-order valence-electron chi connectivity index (χ4n) is 2.85. The number of carbonyl (C=O) groups excluding carboxylic acids is 1. The Morgan fingerprint density at radius 3 is 2.28 bits per heavy atom. The summed E-state index contributed by atoms with van der Waals surface area (Å²) in [5, 5.41) is 3.22. The van der Waals surface area contributed by atoms with Crippen LogP contribution in [0.4, 0.5) is 11.5 Å². The summed E-state index contributed by atoms with van der Waals surface area (Å²) in [6.45, 7) is 7.16. The van der Waals surface area contributed by atoms with Crippen LogP contribution in [0.25, 0.3) is 0 Å². The molecule has 0 unspecified atom stereocenters. The first-order chi connectivity index (χ1) is 13.8. The van der Waals surface area contributed by atoms with Gasteiger partial charge in [-0.05, 0) is 47.2 Å². The van der Waals surface area contributed by atoms with Gasteiger partial charge in [0.15, 0.2) is 0 Å². The zero-order chi connectivity index (χ0) is 20.9. The van der Waals surface area contributed by atoms with E-state index in [4.69, 9.17) is 0 Å². The molecule has 0 aliphatic rings. The average molecular weight is 390 g/mol. The van der Waals surface area contributed by atoms with E-state index in [9.17, 15) is 4.79 Å². The van der Waals surface area contributed by atoms with Crippen LogP contribution in [-0.4, -0.2) is 39.4 Å². The summed E-state index contributed by atoms with van der Waals surface area (Å²) in [7, 11) is 1.77. The molecule has 0 aliphatic heterocycles. The largest absolute Gasteiger partial charge is 0.340 e. The van der Waals surface area contributed by atoms with Crippen LogP contribution in [0.15, 0.2) is 61.2 Å². The van der Waals surface area contributed by atoms with E-state index >= 15 is 0 Å². The summed E-state index contributed by atoms with van der Waals surface area (Å²) in [5.74, 6) is 0.456. The highest BCUT2D eigenvalue weighted by molar-refractivity contribution is 5.91. The van der Waals surface area contributed by atoms with Crippen molar-refractivity contribution in [1.82, 2.24) is 19.9 Å². The van der Waals surface area contributed by atoms with Gasteiger partial charge in [0.25, 0.3) is 5.91 Å². The number of hydrogen-bond acceptors (Lipinski definition) is 5. The smallest absolute Gasteiger partial charge is 0.273 e. The van der Waals surface area contributed by atoms with Crippen LogP contribution >= 0.6 is 0 Å². The van der Waals surface area contributed by atoms with Gasteiger partial charge < -0.3 is 10.2 Å². The highest BCUT2D eigenvalue weighted by Crippen LogP contribution is 2.24. The van der Waals surface area contributed by atoms with Crippen LogP contribution in [0.1, 0.15) is 42.4 Å². The summed E-state index contributed by atoms with van der Waals surface area (Å²) in [4.78, 5) is 26.8. The lowest BCUT2D eigenvalue weighted by Gasteiger charge is -2.19. The number of hydrogen-bond donors (Lipinski definition) is 1. The summed E-state index contributed by atoms with van der Waals surface area (Å²) >= 11 is 0. The molecule has 29 heavy (non-hydrogen) atoms. The van der Waals surface area contributed by atoms with Gasteiger partial charge in [-0.2, -0.15) is 0 Å². The van der Waals surface area contributed by atoms with Crippen molar-refractivity contribution < 1.29 is 4.79 Å². The second kappa shape index (κ2) is 8.82. The van der Waals surface area contributed by atoms with Gasteiger partial charge in [0, 0.05) is 31.7 Å². The Labute approximate surface area is 172 Å². The zero-order valence-corrected chi connectivity index (χ0v) is 17.4. The third-order valence-corrected chi connectivity index (χ3v) is 4.73. The molecule has 0 spiro atoms. The van der Waals surface area contributed by atoms with Crippen LogP contribution in [0, 0.1) is 0 Å². The van der Waals surface area contributed by atoms with Crippen LogP contribution in [0.2, 0.25) is 0 Å². The second-order valence-electron chi connectivity index (χ2n) is 8.07. The van der Waals surface area contributed by atoms with E-state index in [-0.39, 0.29) is 11.3 Å². The number of pyridine rings is 1. The molecule has 6 heteroatoms. The van der Waals surface area contributed by atoms with E-state index in [1.807, 2.05) is 24.3 Å². The maximum absolute atomic E-state index is 12.6. The molecule has 1 aromatic carbocycles. The molecule has 0 radical (unpaired) electrons. The quantitative estimate of drug-likeness (QED) is 0.683. The molecule has 1 N–H and O–H groups in total. The first kappa shape index (κ1) is 20.5. The molecule has 0 atom stereocenters. The third kappa shape index (κ3) is 5.60. The van der Waals surface area contributed by atoms with Gasteiger partial charge in [-0.25, -0.2) is 9.97 Å². The number of nitrogens with zero attached hydrogens (tertiary/aromatic N) is 4. The minimum absolute atomic E-state index is 0.115. The Morgan fingerprint density at radius 1 is 1.00 bits per heavy atom. The minimum Gasteiger partial charge on any atom is -0.340 e. The van der Waals surface area contributed by atoms with Gasteiger partial charge in [-0.15, -0.1) is 0 Å². The van der Waals surface area contributed by atoms with Crippen molar-refractivity contribution in [2.24, 2.45) is 0 Å². The number of rotatable bonds is 6. The van der Waals surface area contributed by atoms with Gasteiger partial charge in [-0.3, -0.25) is 9.78 Å². The van der Waals surface area contributed by atoms with Crippen molar-refractivity contribution in [3.63, 3.8) is 0 Å². The van der Waals surface area contributed by atoms with Gasteiger partial charge in [0.05, 0.1) is 12.4 Å². The van der Waals surface area contributed by atoms with Crippen molar-refractivity contribution in [2.75, 3.05) is 18.9 Å². The van der Waals surface area contributed by atoms with Crippen LogP contribution in [-0.2, 0) is 11.8 Å². The van der Waals surface area contributed by atoms with Crippen molar-refractivity contribution in [2.45, 2.75) is 32.6 Å². The van der Waals surface area contributed by atoms with E-state index in [2.05, 4.69) is 53.2 Å². The monoisotopic (exact) mass is 389 g/mol. The number of anilines is 2. The van der Waals surface area contributed by atoms with Crippen molar-refractivity contribution >= 4 is 17.4 Å². The summed E-state index contributed by atoms with van der Waals surface area (Å²) in [6.07, 6.45) is 7.37. The molecule has 3 rings (SSSR count). The molecule has 1 amide bonds. The van der Waals surface area contributed by atoms with Crippen molar-refractivity contribution in [3.8, 4) is 0 Å². The lowest BCUT2D eigenvalue weighted by atomic mass is 9.87. The number of aromatic nitrogens is 3. The van der Waals surface area contributed by atoms with Gasteiger partial charge >= 0.3 is 0 Å². The molecule has 6 nitrogen and oxygen atoms in total.